The van der Waals surface area contributed by atoms with Gasteiger partial charge in [-0.15, -0.1) is 0 Å². The van der Waals surface area contributed by atoms with Gasteiger partial charge in [-0.2, -0.15) is 0 Å². The van der Waals surface area contributed by atoms with Crippen molar-refractivity contribution in [2.75, 3.05) is 14.7 Å². The summed E-state index contributed by atoms with van der Waals surface area (Å²) in [6, 6.07) is 78.2. The molecule has 0 atom stereocenters. The maximum Gasteiger partial charge on any atom is 0.252 e. The monoisotopic (exact) mass is 823 g/mol. The van der Waals surface area contributed by atoms with Crippen LogP contribution in [0.5, 0.6) is 0 Å². The molecule has 0 amide bonds. The summed E-state index contributed by atoms with van der Waals surface area (Å²) in [6.45, 7) is 8.92. The minimum absolute atomic E-state index is 0.0410. The van der Waals surface area contributed by atoms with Crippen LogP contribution < -0.4 is 51.8 Å². The van der Waals surface area contributed by atoms with E-state index in [0.29, 0.717) is 0 Å². The molecule has 3 heterocycles. The molecular weight excluding hydrogens is 778 g/mol. The van der Waals surface area contributed by atoms with Gasteiger partial charge in [-0.3, -0.25) is 0 Å². The Bertz CT molecular complexity index is 3150. The normalized spacial score (nSPS) is 14.0. The topological polar surface area (TPSA) is 9.72 Å². The van der Waals surface area contributed by atoms with Crippen LogP contribution in [0.25, 0.3) is 0 Å². The van der Waals surface area contributed by atoms with Gasteiger partial charge in [-0.25, -0.2) is 0 Å². The predicted molar refractivity (Wildman–Crippen MR) is 271 cm³/mol. The Kier molecular flexibility index (Phi) is 8.54. The third kappa shape index (κ3) is 5.59. The van der Waals surface area contributed by atoms with Crippen molar-refractivity contribution in [1.29, 1.82) is 0 Å². The zero-order chi connectivity index (χ0) is 42.4. The van der Waals surface area contributed by atoms with Crippen molar-refractivity contribution in [3.8, 4) is 0 Å². The summed E-state index contributed by atoms with van der Waals surface area (Å²) in [5.74, 6) is 0. The third-order valence-corrected chi connectivity index (χ3v) is 18.5. The highest BCUT2D eigenvalue weighted by Gasteiger charge is 2.50. The number of hydrogen-bond donors (Lipinski definition) is 0. The van der Waals surface area contributed by atoms with E-state index in [0.717, 1.165) is 11.4 Å². The molecule has 0 fully saturated rings. The molecule has 3 nitrogen and oxygen atoms in total. The van der Waals surface area contributed by atoms with Crippen molar-refractivity contribution in [2.45, 2.75) is 27.7 Å². The number of nitrogens with zero attached hydrogens (tertiary/aromatic N) is 3. The zero-order valence-corrected chi connectivity index (χ0v) is 37.0. The van der Waals surface area contributed by atoms with Crippen molar-refractivity contribution in [3.05, 3.63) is 229 Å². The molecule has 9 aromatic rings. The SMILES string of the molecule is Cc1ccc(N2c3ccc(C)cc3B3c4ccc(N5c6ccc(C)cc6[Si](c6ccccc6)(c6ccccc6)c6cc(C)ccc65)cc4N(c4ccccc4)c4cccc2c43)cc1. The van der Waals surface area contributed by atoms with Gasteiger partial charge in [-0.1, -0.05) is 162 Å². The highest BCUT2D eigenvalue weighted by Crippen LogP contribution is 2.46. The number of hydrogen-bond acceptors (Lipinski definition) is 3. The molecule has 5 heteroatoms. The molecule has 3 aliphatic heterocycles. The molecule has 0 bridgehead atoms. The molecule has 0 unspecified atom stereocenters. The molecule has 0 N–H and O–H groups in total. The van der Waals surface area contributed by atoms with Crippen LogP contribution in [-0.4, -0.2) is 14.8 Å². The van der Waals surface area contributed by atoms with E-state index < -0.39 is 8.07 Å². The van der Waals surface area contributed by atoms with E-state index in [9.17, 15) is 0 Å². The van der Waals surface area contributed by atoms with Crippen molar-refractivity contribution < 1.29 is 0 Å². The van der Waals surface area contributed by atoms with Crippen LogP contribution in [0.3, 0.4) is 0 Å². The van der Waals surface area contributed by atoms with Crippen LogP contribution in [0, 0.1) is 27.7 Å². The first kappa shape index (κ1) is 37.4. The number of fused-ring (bicyclic) bond motifs is 6. The van der Waals surface area contributed by atoms with Crippen LogP contribution in [0.4, 0.5) is 51.2 Å². The number of anilines is 9. The van der Waals surface area contributed by atoms with Gasteiger partial charge in [0.05, 0.1) is 0 Å². The molecule has 3 aliphatic rings. The van der Waals surface area contributed by atoms with Crippen LogP contribution in [-0.2, 0) is 0 Å². The smallest absolute Gasteiger partial charge is 0.252 e. The van der Waals surface area contributed by atoms with E-state index in [2.05, 4.69) is 249 Å². The van der Waals surface area contributed by atoms with E-state index in [1.807, 2.05) is 0 Å². The minimum Gasteiger partial charge on any atom is -0.311 e. The molecule has 0 saturated heterocycles. The van der Waals surface area contributed by atoms with Crippen LogP contribution in [0.2, 0.25) is 0 Å². The van der Waals surface area contributed by atoms with Gasteiger partial charge in [0, 0.05) is 51.2 Å². The second kappa shape index (κ2) is 14.4. The second-order valence-corrected chi connectivity index (χ2v) is 21.4. The van der Waals surface area contributed by atoms with Crippen LogP contribution in [0.1, 0.15) is 22.3 Å². The summed E-state index contributed by atoms with van der Waals surface area (Å²) < 4.78 is 0. The number of aryl methyl sites for hydroxylation is 4. The van der Waals surface area contributed by atoms with Gasteiger partial charge < -0.3 is 14.7 Å². The Balaban J connectivity index is 1.13. The highest BCUT2D eigenvalue weighted by molar-refractivity contribution is 7.21. The summed E-state index contributed by atoms with van der Waals surface area (Å²) in [4.78, 5) is 7.56. The Labute approximate surface area is 372 Å². The molecule has 0 spiro atoms. The molecule has 9 aromatic carbocycles. The van der Waals surface area contributed by atoms with Crippen molar-refractivity contribution in [1.82, 2.24) is 0 Å². The quantitative estimate of drug-likeness (QED) is 0.160. The van der Waals surface area contributed by atoms with Crippen molar-refractivity contribution in [2.24, 2.45) is 0 Å². The van der Waals surface area contributed by atoms with Gasteiger partial charge in [-0.05, 0) is 132 Å². The summed E-state index contributed by atoms with van der Waals surface area (Å²) in [7, 11) is -2.81. The second-order valence-electron chi connectivity index (χ2n) is 17.6. The molecule has 12 rings (SSSR count). The van der Waals surface area contributed by atoms with E-state index >= 15 is 0 Å². The lowest BCUT2D eigenvalue weighted by molar-refractivity contribution is 1.23. The molecule has 0 saturated carbocycles. The lowest BCUT2D eigenvalue weighted by atomic mass is 9.33. The fourth-order valence-electron chi connectivity index (χ4n) is 11.0. The molecule has 300 valence electrons. The fourth-order valence-corrected chi connectivity index (χ4v) is 16.3. The first-order valence-electron chi connectivity index (χ1n) is 22.1. The number of para-hydroxylation sites is 1. The molecular formula is C58H46BN3Si. The van der Waals surface area contributed by atoms with Gasteiger partial charge in [0.15, 0.2) is 8.07 Å². The fraction of sp³-hybridized carbons (Fsp3) is 0.0690. The van der Waals surface area contributed by atoms with Gasteiger partial charge in [0.2, 0.25) is 0 Å². The standard InChI is InChI=1S/C58H46BN3Si/c1-39-23-28-44(29-24-39)60-50-32-25-40(2)35-49(50)59-48-31-30-45(38-55(48)61(43-15-8-5-9-16-43)54-22-14-21-53(60)58(54)59)62-51-33-26-41(3)36-56(51)63(46-17-10-6-11-18-46,47-19-12-7-13-20-47)57-37-42(4)27-34-52(57)62/h5-38H,1-4H3. The summed E-state index contributed by atoms with van der Waals surface area (Å²) in [5.41, 5.74) is 19.8. The zero-order valence-electron chi connectivity index (χ0n) is 36.0. The third-order valence-electron chi connectivity index (χ3n) is 13.7. The summed E-state index contributed by atoms with van der Waals surface area (Å²) >= 11 is 0. The average molecular weight is 824 g/mol. The predicted octanol–water partition coefficient (Wildman–Crippen LogP) is 10.2. The van der Waals surface area contributed by atoms with E-state index in [1.54, 1.807) is 0 Å². The highest BCUT2D eigenvalue weighted by atomic mass is 28.3. The van der Waals surface area contributed by atoms with Gasteiger partial charge in [0.25, 0.3) is 6.71 Å². The largest absolute Gasteiger partial charge is 0.311 e. The maximum absolute atomic E-state index is 2.81. The summed E-state index contributed by atoms with van der Waals surface area (Å²) in [5, 5.41) is 5.62. The lowest BCUT2D eigenvalue weighted by Crippen LogP contribution is -2.77. The van der Waals surface area contributed by atoms with Crippen LogP contribution >= 0.6 is 0 Å². The van der Waals surface area contributed by atoms with Crippen LogP contribution in [0.15, 0.2) is 206 Å². The Morgan fingerprint density at radius 3 is 1.37 bits per heavy atom. The molecule has 63 heavy (non-hydrogen) atoms. The Morgan fingerprint density at radius 1 is 0.317 bits per heavy atom. The lowest BCUT2D eigenvalue weighted by Gasteiger charge is -2.46. The maximum atomic E-state index is 2.56. The average Bonchev–Trinajstić information content (AvgIpc) is 3.32. The first-order valence-corrected chi connectivity index (χ1v) is 24.1. The first-order chi connectivity index (χ1) is 30.9. The van der Waals surface area contributed by atoms with E-state index in [1.165, 1.54) is 99.2 Å². The molecule has 0 radical (unpaired) electrons. The Hall–Kier alpha value is -7.34. The number of benzene rings is 9. The van der Waals surface area contributed by atoms with E-state index in [4.69, 9.17) is 0 Å². The summed E-state index contributed by atoms with van der Waals surface area (Å²) in [6.07, 6.45) is 0. The minimum atomic E-state index is -2.81. The molecule has 0 aromatic heterocycles. The van der Waals surface area contributed by atoms with E-state index in [-0.39, 0.29) is 6.71 Å². The molecule has 0 aliphatic carbocycles. The van der Waals surface area contributed by atoms with Gasteiger partial charge in [0.1, 0.15) is 0 Å². The Morgan fingerprint density at radius 2 is 0.778 bits per heavy atom. The number of rotatable bonds is 5. The van der Waals surface area contributed by atoms with Gasteiger partial charge >= 0.3 is 0 Å². The van der Waals surface area contributed by atoms with Crippen molar-refractivity contribution >= 4 is 103 Å². The van der Waals surface area contributed by atoms with Crippen molar-refractivity contribution in [3.63, 3.8) is 0 Å².